The van der Waals surface area contributed by atoms with Crippen LogP contribution in [-0.2, 0) is 4.74 Å². The molecule has 1 aliphatic heterocycles. The zero-order chi connectivity index (χ0) is 8.04. The Bertz CT molecular complexity index is 63.3. The number of ether oxygens (including phenoxy) is 1. The van der Waals surface area contributed by atoms with E-state index < -0.39 is 0 Å². The van der Waals surface area contributed by atoms with Crippen molar-refractivity contribution in [2.24, 2.45) is 5.41 Å². The summed E-state index contributed by atoms with van der Waals surface area (Å²) < 4.78 is 4.72. The van der Waals surface area contributed by atoms with E-state index in [4.69, 9.17) is 4.74 Å². The van der Waals surface area contributed by atoms with Crippen LogP contribution in [0.3, 0.4) is 0 Å². The summed E-state index contributed by atoms with van der Waals surface area (Å²) in [4.78, 5) is 0. The van der Waals surface area contributed by atoms with Crippen LogP contribution in [0.15, 0.2) is 0 Å². The van der Waals surface area contributed by atoms with E-state index >= 15 is 0 Å². The van der Waals surface area contributed by atoms with E-state index in [1.807, 2.05) is 0 Å². The Labute approximate surface area is 64.8 Å². The van der Waals surface area contributed by atoms with E-state index in [9.17, 15) is 0 Å². The van der Waals surface area contributed by atoms with E-state index in [-0.39, 0.29) is 0 Å². The van der Waals surface area contributed by atoms with Gasteiger partial charge in [0, 0.05) is 13.2 Å². The predicted octanol–water partition coefficient (Wildman–Crippen LogP) is 2.85. The smallest absolute Gasteiger partial charge is 0.0488 e. The van der Waals surface area contributed by atoms with Crippen LogP contribution in [0.2, 0.25) is 0 Å². The molecule has 1 heterocycles. The minimum Gasteiger partial charge on any atom is -0.381 e. The van der Waals surface area contributed by atoms with Gasteiger partial charge < -0.3 is 4.74 Å². The molecular weight excluding hydrogens is 124 g/mol. The maximum atomic E-state index is 4.72. The second-order valence-corrected chi connectivity index (χ2v) is 3.88. The highest BCUT2D eigenvalue weighted by atomic mass is 16.5. The molecule has 0 aromatic heterocycles. The second kappa shape index (κ2) is 4.73. The van der Waals surface area contributed by atoms with Gasteiger partial charge in [-0.15, -0.1) is 0 Å². The molecule has 1 saturated heterocycles. The first kappa shape index (κ1) is 9.96. The maximum absolute atomic E-state index is 4.72. The van der Waals surface area contributed by atoms with Crippen molar-refractivity contribution in [1.29, 1.82) is 0 Å². The largest absolute Gasteiger partial charge is 0.381 e. The first-order valence-corrected chi connectivity index (χ1v) is 4.14. The van der Waals surface area contributed by atoms with Crippen molar-refractivity contribution in [3.8, 4) is 0 Å². The Kier molecular flexibility index (Phi) is 4.71. The van der Waals surface area contributed by atoms with E-state index in [0.717, 1.165) is 13.2 Å². The lowest BCUT2D eigenvalue weighted by molar-refractivity contribution is 0.0367. The summed E-state index contributed by atoms with van der Waals surface area (Å²) in [6.45, 7) is 10.9. The highest BCUT2D eigenvalue weighted by molar-refractivity contribution is 4.55. The number of rotatable bonds is 0. The Morgan fingerprint density at radius 2 is 1.40 bits per heavy atom. The lowest BCUT2D eigenvalue weighted by Gasteiger charge is -2.12. The van der Waals surface area contributed by atoms with Gasteiger partial charge in [-0.3, -0.25) is 0 Å². The summed E-state index contributed by atoms with van der Waals surface area (Å²) in [5.74, 6) is 0. The van der Waals surface area contributed by atoms with Gasteiger partial charge in [-0.05, 0) is 11.8 Å². The molecule has 1 fully saturated rings. The third-order valence-corrected chi connectivity index (χ3v) is 1.64. The van der Waals surface area contributed by atoms with Crippen LogP contribution in [0, 0.1) is 5.41 Å². The van der Waals surface area contributed by atoms with Gasteiger partial charge in [0.05, 0.1) is 0 Å². The van der Waals surface area contributed by atoms with Crippen molar-refractivity contribution in [3.63, 3.8) is 0 Å². The SMILES string of the molecule is C1COC1.CCC(C)(C)C. The molecule has 1 rings (SSSR count). The fraction of sp³-hybridized carbons (Fsp3) is 1.00. The van der Waals surface area contributed by atoms with Crippen LogP contribution in [0.25, 0.3) is 0 Å². The van der Waals surface area contributed by atoms with Crippen molar-refractivity contribution < 1.29 is 4.74 Å². The summed E-state index contributed by atoms with van der Waals surface area (Å²) in [5, 5.41) is 0. The van der Waals surface area contributed by atoms with Gasteiger partial charge in [0.15, 0.2) is 0 Å². The number of hydrogen-bond acceptors (Lipinski definition) is 1. The summed E-state index contributed by atoms with van der Waals surface area (Å²) in [6.07, 6.45) is 2.55. The Morgan fingerprint density at radius 1 is 1.20 bits per heavy atom. The zero-order valence-corrected chi connectivity index (χ0v) is 7.74. The molecule has 62 valence electrons. The van der Waals surface area contributed by atoms with Crippen molar-refractivity contribution in [2.45, 2.75) is 40.5 Å². The Balaban J connectivity index is 0.000000172. The minimum absolute atomic E-state index is 0.542. The fourth-order valence-corrected chi connectivity index (χ4v) is 0.144. The van der Waals surface area contributed by atoms with Gasteiger partial charge >= 0.3 is 0 Å². The third-order valence-electron chi connectivity index (χ3n) is 1.64. The van der Waals surface area contributed by atoms with Crippen molar-refractivity contribution in [2.75, 3.05) is 13.2 Å². The summed E-state index contributed by atoms with van der Waals surface area (Å²) in [7, 11) is 0. The zero-order valence-electron chi connectivity index (χ0n) is 7.74. The summed E-state index contributed by atoms with van der Waals surface area (Å²) in [5.41, 5.74) is 0.542. The molecule has 10 heavy (non-hydrogen) atoms. The molecule has 1 aliphatic rings. The van der Waals surface area contributed by atoms with Gasteiger partial charge in [0.25, 0.3) is 0 Å². The van der Waals surface area contributed by atoms with Gasteiger partial charge in [-0.1, -0.05) is 34.1 Å². The molecule has 0 aromatic rings. The highest BCUT2D eigenvalue weighted by Crippen LogP contribution is 2.16. The topological polar surface area (TPSA) is 9.23 Å². The first-order valence-electron chi connectivity index (χ1n) is 4.14. The van der Waals surface area contributed by atoms with Crippen molar-refractivity contribution in [3.05, 3.63) is 0 Å². The minimum atomic E-state index is 0.542. The monoisotopic (exact) mass is 144 g/mol. The van der Waals surface area contributed by atoms with Gasteiger partial charge in [0.2, 0.25) is 0 Å². The first-order chi connectivity index (χ1) is 4.56. The summed E-state index contributed by atoms with van der Waals surface area (Å²) in [6, 6.07) is 0. The van der Waals surface area contributed by atoms with Gasteiger partial charge in [-0.2, -0.15) is 0 Å². The van der Waals surface area contributed by atoms with Crippen LogP contribution in [0.1, 0.15) is 40.5 Å². The lowest BCUT2D eigenvalue weighted by atomic mass is 9.94. The molecule has 0 spiro atoms. The second-order valence-electron chi connectivity index (χ2n) is 3.88. The number of hydrogen-bond donors (Lipinski definition) is 0. The third kappa shape index (κ3) is 7.96. The van der Waals surface area contributed by atoms with Gasteiger partial charge in [-0.25, -0.2) is 0 Å². The molecule has 0 radical (unpaired) electrons. The maximum Gasteiger partial charge on any atom is 0.0488 e. The van der Waals surface area contributed by atoms with E-state index in [2.05, 4.69) is 27.7 Å². The average Bonchev–Trinajstić information content (AvgIpc) is 1.59. The molecule has 1 nitrogen and oxygen atoms in total. The molecular formula is C9H20O. The van der Waals surface area contributed by atoms with Crippen LogP contribution >= 0.6 is 0 Å². The lowest BCUT2D eigenvalue weighted by Crippen LogP contribution is -2.09. The quantitative estimate of drug-likeness (QED) is 0.508. The predicted molar refractivity (Wildman–Crippen MR) is 45.2 cm³/mol. The van der Waals surface area contributed by atoms with Crippen LogP contribution in [0.4, 0.5) is 0 Å². The average molecular weight is 144 g/mol. The normalized spacial score (nSPS) is 16.8. The van der Waals surface area contributed by atoms with Gasteiger partial charge in [0.1, 0.15) is 0 Å². The molecule has 0 amide bonds. The molecule has 0 bridgehead atoms. The Morgan fingerprint density at radius 3 is 1.40 bits per heavy atom. The molecule has 1 heteroatoms. The van der Waals surface area contributed by atoms with Crippen molar-refractivity contribution >= 4 is 0 Å². The van der Waals surface area contributed by atoms with Crippen LogP contribution in [-0.4, -0.2) is 13.2 Å². The standard InChI is InChI=1S/C6H14.C3H6O/c1-5-6(2,3)4;1-2-4-3-1/h5H2,1-4H3;1-3H2. The molecule has 0 unspecified atom stereocenters. The molecule has 0 saturated carbocycles. The van der Waals surface area contributed by atoms with E-state index in [0.29, 0.717) is 5.41 Å². The Hall–Kier alpha value is -0.0400. The van der Waals surface area contributed by atoms with E-state index in [1.165, 1.54) is 12.8 Å². The summed E-state index contributed by atoms with van der Waals surface area (Å²) >= 11 is 0. The molecule has 0 atom stereocenters. The van der Waals surface area contributed by atoms with E-state index in [1.54, 1.807) is 0 Å². The molecule has 0 aliphatic carbocycles. The van der Waals surface area contributed by atoms with Crippen LogP contribution < -0.4 is 0 Å². The highest BCUT2D eigenvalue weighted by Gasteiger charge is 2.03. The molecule has 0 aromatic carbocycles. The fourth-order valence-electron chi connectivity index (χ4n) is 0.144. The van der Waals surface area contributed by atoms with Crippen LogP contribution in [0.5, 0.6) is 0 Å². The van der Waals surface area contributed by atoms with Crippen molar-refractivity contribution in [1.82, 2.24) is 0 Å². The molecule has 0 N–H and O–H groups in total.